The number of amides is 1. The lowest BCUT2D eigenvalue weighted by atomic mass is 10.1. The number of halogens is 2. The van der Waals surface area contributed by atoms with Crippen LogP contribution in [0.4, 0.5) is 0 Å². The van der Waals surface area contributed by atoms with E-state index in [4.69, 9.17) is 16.1 Å². The van der Waals surface area contributed by atoms with Crippen molar-refractivity contribution in [2.24, 2.45) is 4.99 Å². The van der Waals surface area contributed by atoms with Crippen LogP contribution in [0.2, 0.25) is 5.02 Å². The summed E-state index contributed by atoms with van der Waals surface area (Å²) in [7, 11) is 5.18. The lowest BCUT2D eigenvalue weighted by Gasteiger charge is -2.12. The standard InChI is InChI=1S/C22H25ClN6O2.HI/c1-24-22(26-14-15-7-9-16(10-8-15)21(30)29(2)3)25-12-11-19-27-20(28-31-19)17-5-4-6-18(23)13-17;/h4-10,13H,11-12,14H2,1-3H3,(H2,24,25,26);1H. The van der Waals surface area contributed by atoms with Crippen LogP contribution >= 0.6 is 35.6 Å². The van der Waals surface area contributed by atoms with Crippen LogP contribution in [-0.4, -0.2) is 54.6 Å². The number of carbonyl (C=O) groups is 1. The van der Waals surface area contributed by atoms with E-state index in [1.165, 1.54) is 0 Å². The number of aliphatic imine (C=N–C) groups is 1. The van der Waals surface area contributed by atoms with Gasteiger partial charge in [0.15, 0.2) is 5.96 Å². The topological polar surface area (TPSA) is 95.6 Å². The van der Waals surface area contributed by atoms with E-state index in [-0.39, 0.29) is 29.9 Å². The Kier molecular flexibility index (Phi) is 9.92. The van der Waals surface area contributed by atoms with Gasteiger partial charge < -0.3 is 20.1 Å². The first-order valence-corrected chi connectivity index (χ1v) is 10.2. The normalized spacial score (nSPS) is 10.9. The molecule has 3 rings (SSSR count). The lowest BCUT2D eigenvalue weighted by Crippen LogP contribution is -2.37. The second-order valence-electron chi connectivity index (χ2n) is 7.02. The van der Waals surface area contributed by atoms with Crippen LogP contribution in [0.3, 0.4) is 0 Å². The van der Waals surface area contributed by atoms with Gasteiger partial charge in [-0.1, -0.05) is 41.0 Å². The summed E-state index contributed by atoms with van der Waals surface area (Å²) in [5.41, 5.74) is 2.51. The molecule has 1 aromatic heterocycles. The Balaban J connectivity index is 0.00000363. The second kappa shape index (κ2) is 12.4. The number of rotatable bonds is 7. The van der Waals surface area contributed by atoms with Crippen LogP contribution in [0.15, 0.2) is 58.0 Å². The molecule has 0 bridgehead atoms. The zero-order chi connectivity index (χ0) is 22.2. The molecular weight excluding hydrogens is 543 g/mol. The molecule has 3 aromatic rings. The number of nitrogens with one attached hydrogen (secondary N) is 2. The predicted molar refractivity (Wildman–Crippen MR) is 137 cm³/mol. The minimum atomic E-state index is -0.0171. The van der Waals surface area contributed by atoms with Gasteiger partial charge in [-0.05, 0) is 29.8 Å². The molecule has 10 heteroatoms. The third kappa shape index (κ3) is 7.20. The Morgan fingerprint density at radius 2 is 1.91 bits per heavy atom. The van der Waals surface area contributed by atoms with Crippen molar-refractivity contribution in [3.8, 4) is 11.4 Å². The van der Waals surface area contributed by atoms with Crippen molar-refractivity contribution in [1.29, 1.82) is 0 Å². The maximum absolute atomic E-state index is 12.0. The van der Waals surface area contributed by atoms with Gasteiger partial charge in [0.25, 0.3) is 5.91 Å². The summed E-state index contributed by atoms with van der Waals surface area (Å²) in [6, 6.07) is 14.8. The number of carbonyl (C=O) groups excluding carboxylic acids is 1. The van der Waals surface area contributed by atoms with Crippen LogP contribution < -0.4 is 10.6 Å². The molecule has 1 amide bonds. The largest absolute Gasteiger partial charge is 0.356 e. The molecule has 0 fully saturated rings. The lowest BCUT2D eigenvalue weighted by molar-refractivity contribution is 0.0827. The molecule has 0 radical (unpaired) electrons. The number of aromatic nitrogens is 2. The number of benzene rings is 2. The van der Waals surface area contributed by atoms with Gasteiger partial charge in [0.1, 0.15) is 0 Å². The third-order valence-electron chi connectivity index (χ3n) is 4.47. The van der Waals surface area contributed by atoms with Crippen LogP contribution in [0.5, 0.6) is 0 Å². The average molecular weight is 569 g/mol. The van der Waals surface area contributed by atoms with Gasteiger partial charge >= 0.3 is 0 Å². The van der Waals surface area contributed by atoms with Crippen molar-refractivity contribution >= 4 is 47.4 Å². The molecule has 2 aromatic carbocycles. The van der Waals surface area contributed by atoms with Gasteiger partial charge in [-0.3, -0.25) is 9.79 Å². The molecule has 0 spiro atoms. The molecule has 0 aliphatic rings. The molecule has 0 aliphatic carbocycles. The quantitative estimate of drug-likeness (QED) is 0.257. The summed E-state index contributed by atoms with van der Waals surface area (Å²) in [6.45, 7) is 1.16. The van der Waals surface area contributed by atoms with E-state index >= 15 is 0 Å². The van der Waals surface area contributed by atoms with Crippen LogP contribution in [0.25, 0.3) is 11.4 Å². The molecule has 0 saturated heterocycles. The zero-order valence-corrected chi connectivity index (χ0v) is 21.2. The summed E-state index contributed by atoms with van der Waals surface area (Å²) < 4.78 is 5.32. The molecule has 8 nitrogen and oxygen atoms in total. The Bertz CT molecular complexity index is 1050. The fourth-order valence-corrected chi connectivity index (χ4v) is 3.01. The van der Waals surface area contributed by atoms with E-state index in [2.05, 4.69) is 25.8 Å². The maximum Gasteiger partial charge on any atom is 0.253 e. The molecule has 2 N–H and O–H groups in total. The zero-order valence-electron chi connectivity index (χ0n) is 18.1. The number of nitrogens with zero attached hydrogens (tertiary/aromatic N) is 4. The highest BCUT2D eigenvalue weighted by molar-refractivity contribution is 14.0. The van der Waals surface area contributed by atoms with Crippen LogP contribution in [0.1, 0.15) is 21.8 Å². The highest BCUT2D eigenvalue weighted by Gasteiger charge is 2.10. The highest BCUT2D eigenvalue weighted by Crippen LogP contribution is 2.19. The minimum Gasteiger partial charge on any atom is -0.356 e. The van der Waals surface area contributed by atoms with Gasteiger partial charge in [0.2, 0.25) is 11.7 Å². The van der Waals surface area contributed by atoms with E-state index in [9.17, 15) is 4.79 Å². The number of hydrogen-bond acceptors (Lipinski definition) is 5. The maximum atomic E-state index is 12.0. The van der Waals surface area contributed by atoms with Crippen molar-refractivity contribution in [1.82, 2.24) is 25.7 Å². The first-order valence-electron chi connectivity index (χ1n) is 9.80. The van der Waals surface area contributed by atoms with E-state index in [1.54, 1.807) is 38.2 Å². The first kappa shape index (κ1) is 25.6. The Labute approximate surface area is 209 Å². The third-order valence-corrected chi connectivity index (χ3v) is 4.71. The van der Waals surface area contributed by atoms with Gasteiger partial charge in [-0.25, -0.2) is 0 Å². The summed E-state index contributed by atoms with van der Waals surface area (Å²) in [4.78, 5) is 22.1. The van der Waals surface area contributed by atoms with Gasteiger partial charge in [0, 0.05) is 56.8 Å². The van der Waals surface area contributed by atoms with Crippen LogP contribution in [-0.2, 0) is 13.0 Å². The van der Waals surface area contributed by atoms with Crippen molar-refractivity contribution in [3.63, 3.8) is 0 Å². The fourth-order valence-electron chi connectivity index (χ4n) is 2.82. The molecule has 0 atom stereocenters. The number of guanidine groups is 1. The van der Waals surface area contributed by atoms with Crippen molar-refractivity contribution < 1.29 is 9.32 Å². The second-order valence-corrected chi connectivity index (χ2v) is 7.46. The average Bonchev–Trinajstić information content (AvgIpc) is 3.25. The number of hydrogen-bond donors (Lipinski definition) is 2. The Morgan fingerprint density at radius 1 is 1.16 bits per heavy atom. The summed E-state index contributed by atoms with van der Waals surface area (Å²) in [5, 5.41) is 11.1. The summed E-state index contributed by atoms with van der Waals surface area (Å²) in [6.07, 6.45) is 0.551. The molecule has 0 unspecified atom stereocenters. The Hall–Kier alpha value is -2.66. The monoisotopic (exact) mass is 568 g/mol. The van der Waals surface area contributed by atoms with Crippen LogP contribution in [0, 0.1) is 0 Å². The molecule has 1 heterocycles. The highest BCUT2D eigenvalue weighted by atomic mass is 127. The van der Waals surface area contributed by atoms with Gasteiger partial charge in [-0.15, -0.1) is 24.0 Å². The molecular formula is C22H26ClIN6O2. The van der Waals surface area contributed by atoms with E-state index in [0.717, 1.165) is 11.1 Å². The molecule has 0 saturated carbocycles. The SMILES string of the molecule is CN=C(NCCc1nc(-c2cccc(Cl)c2)no1)NCc1ccc(C(=O)N(C)C)cc1.I. The van der Waals surface area contributed by atoms with Crippen molar-refractivity contribution in [3.05, 3.63) is 70.6 Å². The van der Waals surface area contributed by atoms with Crippen molar-refractivity contribution in [2.75, 3.05) is 27.7 Å². The fraction of sp³-hybridized carbons (Fsp3) is 0.273. The molecule has 0 aliphatic heterocycles. The molecule has 32 heavy (non-hydrogen) atoms. The summed E-state index contributed by atoms with van der Waals surface area (Å²) >= 11 is 6.01. The minimum absolute atomic E-state index is 0. The predicted octanol–water partition coefficient (Wildman–Crippen LogP) is 3.62. The summed E-state index contributed by atoms with van der Waals surface area (Å²) in [5.74, 6) is 1.68. The van der Waals surface area contributed by atoms with E-state index < -0.39 is 0 Å². The van der Waals surface area contributed by atoms with E-state index in [1.807, 2.05) is 36.4 Å². The first-order chi connectivity index (χ1) is 15.0. The van der Waals surface area contributed by atoms with Gasteiger partial charge in [-0.2, -0.15) is 4.98 Å². The van der Waals surface area contributed by atoms with E-state index in [0.29, 0.717) is 47.8 Å². The smallest absolute Gasteiger partial charge is 0.253 e. The molecule has 170 valence electrons. The van der Waals surface area contributed by atoms with Crippen molar-refractivity contribution in [2.45, 2.75) is 13.0 Å². The Morgan fingerprint density at radius 3 is 2.56 bits per heavy atom. The van der Waals surface area contributed by atoms with Gasteiger partial charge in [0.05, 0.1) is 0 Å².